The summed E-state index contributed by atoms with van der Waals surface area (Å²) in [5.74, 6) is 0.964. The summed E-state index contributed by atoms with van der Waals surface area (Å²) in [4.78, 5) is 10.3. The van der Waals surface area contributed by atoms with Crippen molar-refractivity contribution in [1.29, 1.82) is 0 Å². The van der Waals surface area contributed by atoms with Crippen LogP contribution in [0.1, 0.15) is 27.7 Å². The minimum absolute atomic E-state index is 0.112. The van der Waals surface area contributed by atoms with Gasteiger partial charge in [-0.15, -0.1) is 11.3 Å². The second kappa shape index (κ2) is 7.11. The van der Waals surface area contributed by atoms with Gasteiger partial charge < -0.3 is 10.6 Å². The van der Waals surface area contributed by atoms with Gasteiger partial charge in [-0.25, -0.2) is 9.97 Å². The molecule has 1 aliphatic heterocycles. The first-order valence-corrected chi connectivity index (χ1v) is 9.18. The van der Waals surface area contributed by atoms with Crippen molar-refractivity contribution in [3.63, 3.8) is 0 Å². The molecule has 0 radical (unpaired) electrons. The lowest BCUT2D eigenvalue weighted by atomic mass is 10.0. The minimum atomic E-state index is 0.112. The molecule has 1 aromatic carbocycles. The first-order valence-electron chi connectivity index (χ1n) is 8.30. The predicted molar refractivity (Wildman–Crippen MR) is 98.5 cm³/mol. The Morgan fingerprint density at radius 2 is 1.88 bits per heavy atom. The highest BCUT2D eigenvalue weighted by atomic mass is 32.1. The van der Waals surface area contributed by atoms with Gasteiger partial charge in [0.05, 0.1) is 11.7 Å². The Morgan fingerprint density at radius 1 is 1.00 bits per heavy atom. The molecule has 2 aromatic heterocycles. The zero-order chi connectivity index (χ0) is 16.2. The van der Waals surface area contributed by atoms with E-state index in [-0.39, 0.29) is 6.04 Å². The maximum absolute atomic E-state index is 4.56. The monoisotopic (exact) mass is 336 g/mol. The SMILES string of the molecule is c1ccc([C@H](Nc2ncnc3c2CCNCC3)c2cccs2)cc1. The highest BCUT2D eigenvalue weighted by Gasteiger charge is 2.20. The number of hydrogen-bond donors (Lipinski definition) is 2. The molecule has 3 aromatic rings. The highest BCUT2D eigenvalue weighted by molar-refractivity contribution is 7.10. The molecule has 5 heteroatoms. The van der Waals surface area contributed by atoms with Crippen molar-refractivity contribution >= 4 is 17.2 Å². The summed E-state index contributed by atoms with van der Waals surface area (Å²) in [5.41, 5.74) is 3.66. The van der Waals surface area contributed by atoms with Crippen molar-refractivity contribution in [2.75, 3.05) is 18.4 Å². The third-order valence-electron chi connectivity index (χ3n) is 4.37. The summed E-state index contributed by atoms with van der Waals surface area (Å²) >= 11 is 1.77. The van der Waals surface area contributed by atoms with Crippen molar-refractivity contribution < 1.29 is 0 Å². The molecule has 3 heterocycles. The molecule has 1 atom stereocenters. The first kappa shape index (κ1) is 15.3. The molecule has 0 fully saturated rings. The van der Waals surface area contributed by atoms with E-state index in [0.717, 1.165) is 37.4 Å². The summed E-state index contributed by atoms with van der Waals surface area (Å²) in [6.07, 6.45) is 3.61. The average molecular weight is 336 g/mol. The van der Waals surface area contributed by atoms with Gasteiger partial charge in [-0.3, -0.25) is 0 Å². The van der Waals surface area contributed by atoms with Gasteiger partial charge in [0.25, 0.3) is 0 Å². The molecule has 0 spiro atoms. The molecule has 2 N–H and O–H groups in total. The second-order valence-corrected chi connectivity index (χ2v) is 6.88. The number of benzene rings is 1. The zero-order valence-electron chi connectivity index (χ0n) is 13.4. The van der Waals surface area contributed by atoms with Gasteiger partial charge >= 0.3 is 0 Å². The number of rotatable bonds is 4. The van der Waals surface area contributed by atoms with Crippen molar-refractivity contribution in [2.24, 2.45) is 0 Å². The summed E-state index contributed by atoms with van der Waals surface area (Å²) in [5, 5.41) is 9.25. The number of anilines is 1. The molecule has 0 amide bonds. The third-order valence-corrected chi connectivity index (χ3v) is 5.30. The number of nitrogens with zero attached hydrogens (tertiary/aromatic N) is 2. The standard InChI is InChI=1S/C19H20N4S/c1-2-5-14(6-3-1)18(17-7-4-12-24-17)23-19-15-8-10-20-11-9-16(15)21-13-22-19/h1-7,12-13,18,20H,8-11H2,(H,21,22,23)/t18-/m0/s1. The third kappa shape index (κ3) is 3.18. The van der Waals surface area contributed by atoms with Crippen LogP contribution in [0.3, 0.4) is 0 Å². The van der Waals surface area contributed by atoms with E-state index in [4.69, 9.17) is 0 Å². The number of nitrogens with one attached hydrogen (secondary N) is 2. The quantitative estimate of drug-likeness (QED) is 0.766. The van der Waals surface area contributed by atoms with Gasteiger partial charge in [-0.05, 0) is 30.0 Å². The van der Waals surface area contributed by atoms with Crippen LogP contribution in [0.15, 0.2) is 54.2 Å². The van der Waals surface area contributed by atoms with Crippen molar-refractivity contribution in [1.82, 2.24) is 15.3 Å². The zero-order valence-corrected chi connectivity index (χ0v) is 14.2. The van der Waals surface area contributed by atoms with Gasteiger partial charge in [-0.1, -0.05) is 36.4 Å². The maximum Gasteiger partial charge on any atom is 0.133 e. The lowest BCUT2D eigenvalue weighted by Crippen LogP contribution is -2.17. The van der Waals surface area contributed by atoms with Crippen LogP contribution in [0, 0.1) is 0 Å². The Bertz CT molecular complexity index is 786. The van der Waals surface area contributed by atoms with Gasteiger partial charge in [-0.2, -0.15) is 0 Å². The molecular weight excluding hydrogens is 316 g/mol. The van der Waals surface area contributed by atoms with E-state index in [0.29, 0.717) is 0 Å². The van der Waals surface area contributed by atoms with Gasteiger partial charge in [0.15, 0.2) is 0 Å². The largest absolute Gasteiger partial charge is 0.358 e. The fraction of sp³-hybridized carbons (Fsp3) is 0.263. The van der Waals surface area contributed by atoms with E-state index >= 15 is 0 Å². The van der Waals surface area contributed by atoms with E-state index in [1.54, 1.807) is 17.7 Å². The number of fused-ring (bicyclic) bond motifs is 1. The van der Waals surface area contributed by atoms with Gasteiger partial charge in [0.2, 0.25) is 0 Å². The Balaban J connectivity index is 1.71. The molecule has 1 aliphatic rings. The van der Waals surface area contributed by atoms with E-state index < -0.39 is 0 Å². The van der Waals surface area contributed by atoms with Gasteiger partial charge in [0, 0.05) is 23.4 Å². The molecule has 0 saturated heterocycles. The molecule has 0 unspecified atom stereocenters. The molecule has 122 valence electrons. The summed E-state index contributed by atoms with van der Waals surface area (Å²) in [6, 6.07) is 14.9. The molecule has 4 rings (SSSR count). The van der Waals surface area contributed by atoms with Crippen LogP contribution >= 0.6 is 11.3 Å². The summed E-state index contributed by atoms with van der Waals surface area (Å²) in [7, 11) is 0. The van der Waals surface area contributed by atoms with Crippen LogP contribution in [0.5, 0.6) is 0 Å². The minimum Gasteiger partial charge on any atom is -0.358 e. The molecule has 24 heavy (non-hydrogen) atoms. The van der Waals surface area contributed by atoms with Crippen LogP contribution in [-0.2, 0) is 12.8 Å². The molecular formula is C19H20N4S. The average Bonchev–Trinajstić information content (AvgIpc) is 3.05. The van der Waals surface area contributed by atoms with Crippen LogP contribution in [0.4, 0.5) is 5.82 Å². The summed E-state index contributed by atoms with van der Waals surface area (Å²) < 4.78 is 0. The van der Waals surface area contributed by atoms with Crippen molar-refractivity contribution in [3.05, 3.63) is 75.9 Å². The molecule has 0 bridgehead atoms. The van der Waals surface area contributed by atoms with Crippen molar-refractivity contribution in [2.45, 2.75) is 18.9 Å². The summed E-state index contributed by atoms with van der Waals surface area (Å²) in [6.45, 7) is 1.96. The smallest absolute Gasteiger partial charge is 0.133 e. The van der Waals surface area contributed by atoms with Crippen LogP contribution in [0.2, 0.25) is 0 Å². The van der Waals surface area contributed by atoms with Crippen LogP contribution in [0.25, 0.3) is 0 Å². The molecule has 4 nitrogen and oxygen atoms in total. The van der Waals surface area contributed by atoms with Gasteiger partial charge in [0.1, 0.15) is 12.1 Å². The second-order valence-electron chi connectivity index (χ2n) is 5.90. The Morgan fingerprint density at radius 3 is 2.71 bits per heavy atom. The topological polar surface area (TPSA) is 49.8 Å². The van der Waals surface area contributed by atoms with Crippen molar-refractivity contribution in [3.8, 4) is 0 Å². The Kier molecular flexibility index (Phi) is 4.53. The highest BCUT2D eigenvalue weighted by Crippen LogP contribution is 2.31. The van der Waals surface area contributed by atoms with Crippen LogP contribution in [-0.4, -0.2) is 23.1 Å². The normalized spacial score (nSPS) is 15.3. The maximum atomic E-state index is 4.56. The lowest BCUT2D eigenvalue weighted by molar-refractivity contribution is 0.708. The fourth-order valence-corrected chi connectivity index (χ4v) is 3.96. The van der Waals surface area contributed by atoms with E-state index in [9.17, 15) is 0 Å². The molecule has 0 aliphatic carbocycles. The number of aromatic nitrogens is 2. The number of hydrogen-bond acceptors (Lipinski definition) is 5. The van der Waals surface area contributed by atoms with E-state index in [2.05, 4.69) is 68.4 Å². The van der Waals surface area contributed by atoms with Crippen LogP contribution < -0.4 is 10.6 Å². The Labute approximate surface area is 146 Å². The lowest BCUT2D eigenvalue weighted by Gasteiger charge is -2.21. The molecule has 0 saturated carbocycles. The first-order chi connectivity index (χ1) is 11.9. The number of thiophene rings is 1. The van der Waals surface area contributed by atoms with E-state index in [1.807, 2.05) is 0 Å². The fourth-order valence-electron chi connectivity index (χ4n) is 3.15. The predicted octanol–water partition coefficient (Wildman–Crippen LogP) is 3.43. The Hall–Kier alpha value is -2.24. The van der Waals surface area contributed by atoms with E-state index in [1.165, 1.54) is 16.0 Å².